The Kier molecular flexibility index (Phi) is 6.24. The first kappa shape index (κ1) is 19.6. The minimum absolute atomic E-state index is 0.106. The maximum Gasteiger partial charge on any atom is 0.229 e. The fraction of sp³-hybridized carbons (Fsp3) is 0.500. The topological polar surface area (TPSA) is 79.4 Å². The summed E-state index contributed by atoms with van der Waals surface area (Å²) in [6, 6.07) is 9.69. The molecule has 1 saturated carbocycles. The number of carbonyl (C=O) groups is 1. The third kappa shape index (κ3) is 5.44. The number of anilines is 4. The molecule has 1 saturated heterocycles. The Morgan fingerprint density at radius 3 is 2.52 bits per heavy atom. The number of aryl methyl sites for hydroxylation is 1. The molecule has 0 spiro atoms. The molecule has 1 amide bonds. The molecule has 1 aromatic carbocycles. The SMILES string of the molecule is Cc1cc(N2CCOCC2)nc(Nc2ccc(NC(=O)CC3CCCC3)cc2)n1. The number of hydrogen-bond acceptors (Lipinski definition) is 6. The molecule has 1 aliphatic carbocycles. The molecule has 2 aliphatic rings. The van der Waals surface area contributed by atoms with Crippen LogP contribution in [0, 0.1) is 12.8 Å². The summed E-state index contributed by atoms with van der Waals surface area (Å²) < 4.78 is 5.42. The van der Waals surface area contributed by atoms with E-state index < -0.39 is 0 Å². The summed E-state index contributed by atoms with van der Waals surface area (Å²) in [6.07, 6.45) is 5.50. The normalized spacial score (nSPS) is 17.3. The van der Waals surface area contributed by atoms with Crippen LogP contribution in [0.25, 0.3) is 0 Å². The molecule has 2 heterocycles. The standard InChI is InChI=1S/C22H29N5O2/c1-16-14-20(27-10-12-29-13-11-27)26-22(23-16)25-19-8-6-18(7-9-19)24-21(28)15-17-4-2-3-5-17/h6-9,14,17H,2-5,10-13,15H2,1H3,(H,24,28)(H,23,25,26). The van der Waals surface area contributed by atoms with E-state index in [0.29, 0.717) is 18.3 Å². The van der Waals surface area contributed by atoms with Crippen LogP contribution in [0.1, 0.15) is 37.8 Å². The van der Waals surface area contributed by atoms with Crippen LogP contribution in [-0.2, 0) is 9.53 Å². The summed E-state index contributed by atoms with van der Waals surface area (Å²) >= 11 is 0. The van der Waals surface area contributed by atoms with Crippen molar-refractivity contribution < 1.29 is 9.53 Å². The molecular formula is C22H29N5O2. The van der Waals surface area contributed by atoms with Crippen molar-refractivity contribution in [1.29, 1.82) is 0 Å². The van der Waals surface area contributed by atoms with Crippen molar-refractivity contribution >= 4 is 29.0 Å². The van der Waals surface area contributed by atoms with Gasteiger partial charge in [-0.25, -0.2) is 4.98 Å². The molecule has 7 heteroatoms. The molecule has 2 aromatic rings. The van der Waals surface area contributed by atoms with Crippen molar-refractivity contribution in [3.05, 3.63) is 36.0 Å². The Bertz CT molecular complexity index is 828. The molecule has 29 heavy (non-hydrogen) atoms. The lowest BCUT2D eigenvalue weighted by Gasteiger charge is -2.28. The van der Waals surface area contributed by atoms with Gasteiger partial charge in [0.25, 0.3) is 0 Å². The third-order valence-corrected chi connectivity index (χ3v) is 5.55. The highest BCUT2D eigenvalue weighted by Gasteiger charge is 2.18. The van der Waals surface area contributed by atoms with Crippen LogP contribution in [0.4, 0.5) is 23.1 Å². The number of nitrogens with one attached hydrogen (secondary N) is 2. The molecule has 0 atom stereocenters. The highest BCUT2D eigenvalue weighted by Crippen LogP contribution is 2.28. The van der Waals surface area contributed by atoms with Crippen LogP contribution in [0.3, 0.4) is 0 Å². The number of morpholine rings is 1. The van der Waals surface area contributed by atoms with Crippen LogP contribution in [0.2, 0.25) is 0 Å². The quantitative estimate of drug-likeness (QED) is 0.773. The third-order valence-electron chi connectivity index (χ3n) is 5.55. The van der Waals surface area contributed by atoms with Gasteiger partial charge in [0.1, 0.15) is 5.82 Å². The summed E-state index contributed by atoms with van der Waals surface area (Å²) in [5, 5.41) is 6.28. The van der Waals surface area contributed by atoms with Gasteiger partial charge in [-0.05, 0) is 49.9 Å². The van der Waals surface area contributed by atoms with Crippen LogP contribution in [0.15, 0.2) is 30.3 Å². The Balaban J connectivity index is 1.37. The highest BCUT2D eigenvalue weighted by atomic mass is 16.5. The number of carbonyl (C=O) groups excluding carboxylic acids is 1. The fourth-order valence-corrected chi connectivity index (χ4v) is 4.02. The highest BCUT2D eigenvalue weighted by molar-refractivity contribution is 5.91. The van der Waals surface area contributed by atoms with Gasteiger partial charge in [-0.3, -0.25) is 4.79 Å². The van der Waals surface area contributed by atoms with Gasteiger partial charge in [-0.15, -0.1) is 0 Å². The predicted octanol–water partition coefficient (Wildman–Crippen LogP) is 3.88. The van der Waals surface area contributed by atoms with E-state index in [2.05, 4.69) is 25.5 Å². The van der Waals surface area contributed by atoms with Crippen molar-refractivity contribution in [2.24, 2.45) is 5.92 Å². The Morgan fingerprint density at radius 1 is 1.10 bits per heavy atom. The molecule has 1 aliphatic heterocycles. The van der Waals surface area contributed by atoms with Crippen molar-refractivity contribution in [2.75, 3.05) is 41.8 Å². The van der Waals surface area contributed by atoms with Crippen molar-refractivity contribution in [2.45, 2.75) is 39.0 Å². The predicted molar refractivity (Wildman–Crippen MR) is 115 cm³/mol. The minimum Gasteiger partial charge on any atom is -0.378 e. The molecule has 0 radical (unpaired) electrons. The number of ether oxygens (including phenoxy) is 1. The van der Waals surface area contributed by atoms with E-state index in [1.807, 2.05) is 37.3 Å². The van der Waals surface area contributed by atoms with E-state index in [1.54, 1.807) is 0 Å². The van der Waals surface area contributed by atoms with Crippen molar-refractivity contribution in [3.8, 4) is 0 Å². The number of nitrogens with zero attached hydrogens (tertiary/aromatic N) is 3. The van der Waals surface area contributed by atoms with E-state index in [4.69, 9.17) is 4.74 Å². The largest absolute Gasteiger partial charge is 0.378 e. The lowest BCUT2D eigenvalue weighted by Crippen LogP contribution is -2.36. The van der Waals surface area contributed by atoms with Crippen LogP contribution in [-0.4, -0.2) is 42.2 Å². The second kappa shape index (κ2) is 9.22. The number of hydrogen-bond donors (Lipinski definition) is 2. The number of amides is 1. The summed E-state index contributed by atoms with van der Waals surface area (Å²) in [5.41, 5.74) is 2.62. The van der Waals surface area contributed by atoms with Crippen molar-refractivity contribution in [1.82, 2.24) is 9.97 Å². The van der Waals surface area contributed by atoms with Crippen molar-refractivity contribution in [3.63, 3.8) is 0 Å². The van der Waals surface area contributed by atoms with Gasteiger partial charge in [0.15, 0.2) is 0 Å². The number of rotatable bonds is 6. The first-order valence-electron chi connectivity index (χ1n) is 10.5. The Morgan fingerprint density at radius 2 is 1.79 bits per heavy atom. The average molecular weight is 396 g/mol. The summed E-state index contributed by atoms with van der Waals surface area (Å²) in [5.74, 6) is 2.15. The number of benzene rings is 1. The molecule has 0 bridgehead atoms. The summed E-state index contributed by atoms with van der Waals surface area (Å²) in [6.45, 7) is 5.09. The molecule has 7 nitrogen and oxygen atoms in total. The van der Waals surface area contributed by atoms with Gasteiger partial charge in [0.2, 0.25) is 11.9 Å². The number of aromatic nitrogens is 2. The van der Waals surface area contributed by atoms with Gasteiger partial charge in [0, 0.05) is 42.6 Å². The second-order valence-corrected chi connectivity index (χ2v) is 7.90. The molecule has 2 N–H and O–H groups in total. The van der Waals surface area contributed by atoms with Crippen LogP contribution >= 0.6 is 0 Å². The van der Waals surface area contributed by atoms with E-state index in [9.17, 15) is 4.79 Å². The smallest absolute Gasteiger partial charge is 0.229 e. The van der Waals surface area contributed by atoms with E-state index in [-0.39, 0.29) is 5.91 Å². The zero-order valence-corrected chi connectivity index (χ0v) is 17.0. The second-order valence-electron chi connectivity index (χ2n) is 7.90. The minimum atomic E-state index is 0.106. The molecule has 1 aromatic heterocycles. The lowest BCUT2D eigenvalue weighted by molar-refractivity contribution is -0.117. The zero-order valence-electron chi connectivity index (χ0n) is 17.0. The van der Waals surface area contributed by atoms with Gasteiger partial charge < -0.3 is 20.3 Å². The summed E-state index contributed by atoms with van der Waals surface area (Å²) in [4.78, 5) is 23.6. The van der Waals surface area contributed by atoms with E-state index in [1.165, 1.54) is 25.7 Å². The lowest BCUT2D eigenvalue weighted by atomic mass is 10.0. The molecule has 0 unspecified atom stereocenters. The molecule has 2 fully saturated rings. The zero-order chi connectivity index (χ0) is 20.1. The average Bonchev–Trinajstić information content (AvgIpc) is 3.22. The van der Waals surface area contributed by atoms with Gasteiger partial charge >= 0.3 is 0 Å². The van der Waals surface area contributed by atoms with Gasteiger partial charge in [-0.1, -0.05) is 12.8 Å². The summed E-state index contributed by atoms with van der Waals surface area (Å²) in [7, 11) is 0. The van der Waals surface area contributed by atoms with Crippen LogP contribution in [0.5, 0.6) is 0 Å². The van der Waals surface area contributed by atoms with E-state index >= 15 is 0 Å². The maximum absolute atomic E-state index is 12.2. The Labute approximate surface area is 171 Å². The molecule has 4 rings (SSSR count). The maximum atomic E-state index is 12.2. The first-order chi connectivity index (χ1) is 14.2. The molecular weight excluding hydrogens is 366 g/mol. The first-order valence-corrected chi connectivity index (χ1v) is 10.5. The van der Waals surface area contributed by atoms with Gasteiger partial charge in [-0.2, -0.15) is 4.98 Å². The fourth-order valence-electron chi connectivity index (χ4n) is 4.02. The van der Waals surface area contributed by atoms with Crippen LogP contribution < -0.4 is 15.5 Å². The Hall–Kier alpha value is -2.67. The van der Waals surface area contributed by atoms with E-state index in [0.717, 1.165) is 49.2 Å². The molecule has 154 valence electrons. The monoisotopic (exact) mass is 395 g/mol. The van der Waals surface area contributed by atoms with Gasteiger partial charge in [0.05, 0.1) is 13.2 Å².